The predicted molar refractivity (Wildman–Crippen MR) is 77.5 cm³/mol. The standard InChI is InChI=1S/C12H17N2O6P/c1-3-19-21(18,20-4-2)9-12(15)13-10-6-5-7-11(8-10)14(16)17/h5-8H,3-4,9H2,1-2H3,(H,13,15). The summed E-state index contributed by atoms with van der Waals surface area (Å²) in [5.74, 6) is -0.597. The number of nitrogens with zero attached hydrogens (tertiary/aromatic N) is 1. The first kappa shape index (κ1) is 17.3. The second-order valence-electron chi connectivity index (χ2n) is 3.96. The molecule has 21 heavy (non-hydrogen) atoms. The van der Waals surface area contributed by atoms with Gasteiger partial charge in [0.15, 0.2) is 0 Å². The lowest BCUT2D eigenvalue weighted by molar-refractivity contribution is -0.384. The van der Waals surface area contributed by atoms with Gasteiger partial charge in [0.25, 0.3) is 5.69 Å². The highest BCUT2D eigenvalue weighted by Crippen LogP contribution is 2.47. The minimum absolute atomic E-state index is 0.148. The van der Waals surface area contributed by atoms with Crippen LogP contribution in [0.1, 0.15) is 13.8 Å². The van der Waals surface area contributed by atoms with E-state index < -0.39 is 24.6 Å². The van der Waals surface area contributed by atoms with Gasteiger partial charge in [-0.05, 0) is 19.9 Å². The quantitative estimate of drug-likeness (QED) is 0.449. The van der Waals surface area contributed by atoms with Gasteiger partial charge in [-0.15, -0.1) is 0 Å². The molecule has 0 saturated carbocycles. The number of benzene rings is 1. The lowest BCUT2D eigenvalue weighted by atomic mass is 10.3. The molecule has 0 unspecified atom stereocenters. The van der Waals surface area contributed by atoms with Crippen LogP contribution in [0.2, 0.25) is 0 Å². The summed E-state index contributed by atoms with van der Waals surface area (Å²) >= 11 is 0. The lowest BCUT2D eigenvalue weighted by Crippen LogP contribution is -2.18. The van der Waals surface area contributed by atoms with Crippen LogP contribution >= 0.6 is 7.60 Å². The fourth-order valence-electron chi connectivity index (χ4n) is 1.60. The Balaban J connectivity index is 2.74. The zero-order valence-electron chi connectivity index (χ0n) is 11.8. The van der Waals surface area contributed by atoms with E-state index in [1.165, 1.54) is 24.3 Å². The third kappa shape index (κ3) is 5.63. The van der Waals surface area contributed by atoms with Gasteiger partial charge in [0.05, 0.1) is 18.1 Å². The van der Waals surface area contributed by atoms with Crippen molar-refractivity contribution in [3.05, 3.63) is 34.4 Å². The Labute approximate surface area is 122 Å². The SMILES string of the molecule is CCOP(=O)(CC(=O)Nc1cccc([N+](=O)[O-])c1)OCC. The van der Waals surface area contributed by atoms with Gasteiger partial charge in [-0.25, -0.2) is 0 Å². The topological polar surface area (TPSA) is 108 Å². The molecule has 0 aliphatic rings. The average molecular weight is 316 g/mol. The van der Waals surface area contributed by atoms with Crippen LogP contribution in [0.3, 0.4) is 0 Å². The molecule has 8 nitrogen and oxygen atoms in total. The Morgan fingerprint density at radius 1 is 1.33 bits per heavy atom. The van der Waals surface area contributed by atoms with Crippen molar-refractivity contribution in [2.24, 2.45) is 0 Å². The number of anilines is 1. The molecular formula is C12H17N2O6P. The van der Waals surface area contributed by atoms with Crippen molar-refractivity contribution in [2.75, 3.05) is 24.7 Å². The van der Waals surface area contributed by atoms with Crippen LogP contribution in [0, 0.1) is 10.1 Å². The number of hydrogen-bond acceptors (Lipinski definition) is 6. The van der Waals surface area contributed by atoms with E-state index in [9.17, 15) is 19.5 Å². The number of amides is 1. The van der Waals surface area contributed by atoms with E-state index in [1.807, 2.05) is 0 Å². The van der Waals surface area contributed by atoms with Crippen molar-refractivity contribution in [1.82, 2.24) is 0 Å². The molecule has 1 aromatic carbocycles. The Morgan fingerprint density at radius 2 is 1.95 bits per heavy atom. The molecule has 0 radical (unpaired) electrons. The van der Waals surface area contributed by atoms with E-state index in [1.54, 1.807) is 13.8 Å². The Kier molecular flexibility index (Phi) is 6.48. The maximum atomic E-state index is 12.2. The van der Waals surface area contributed by atoms with Crippen molar-refractivity contribution in [3.63, 3.8) is 0 Å². The average Bonchev–Trinajstić information content (AvgIpc) is 2.38. The van der Waals surface area contributed by atoms with E-state index in [0.717, 1.165) is 0 Å². The third-order valence-electron chi connectivity index (χ3n) is 2.33. The summed E-state index contributed by atoms with van der Waals surface area (Å²) in [6.45, 7) is 3.59. The van der Waals surface area contributed by atoms with Gasteiger partial charge in [-0.2, -0.15) is 0 Å². The van der Waals surface area contributed by atoms with Crippen LogP contribution < -0.4 is 5.32 Å². The number of nitro benzene ring substituents is 1. The number of rotatable bonds is 8. The second kappa shape index (κ2) is 7.87. The summed E-state index contributed by atoms with van der Waals surface area (Å²) in [7, 11) is -3.49. The zero-order chi connectivity index (χ0) is 15.9. The zero-order valence-corrected chi connectivity index (χ0v) is 12.7. The summed E-state index contributed by atoms with van der Waals surface area (Å²) in [4.78, 5) is 21.9. The highest BCUT2D eigenvalue weighted by atomic mass is 31.2. The van der Waals surface area contributed by atoms with E-state index in [2.05, 4.69) is 5.32 Å². The van der Waals surface area contributed by atoms with Crippen molar-refractivity contribution in [2.45, 2.75) is 13.8 Å². The van der Waals surface area contributed by atoms with E-state index in [0.29, 0.717) is 0 Å². The first-order valence-electron chi connectivity index (χ1n) is 6.32. The fourth-order valence-corrected chi connectivity index (χ4v) is 3.07. The highest BCUT2D eigenvalue weighted by Gasteiger charge is 2.27. The van der Waals surface area contributed by atoms with Gasteiger partial charge in [0.2, 0.25) is 5.91 Å². The van der Waals surface area contributed by atoms with E-state index in [-0.39, 0.29) is 24.6 Å². The molecule has 0 atom stereocenters. The first-order valence-corrected chi connectivity index (χ1v) is 8.05. The van der Waals surface area contributed by atoms with Gasteiger partial charge in [-0.1, -0.05) is 6.07 Å². The molecule has 0 fully saturated rings. The molecule has 0 heterocycles. The first-order chi connectivity index (χ1) is 9.90. The monoisotopic (exact) mass is 316 g/mol. The van der Waals surface area contributed by atoms with Crippen LogP contribution in [-0.2, 0) is 18.4 Å². The normalized spacial score (nSPS) is 11.1. The van der Waals surface area contributed by atoms with Crippen LogP contribution in [0.5, 0.6) is 0 Å². The molecule has 1 amide bonds. The largest absolute Gasteiger partial charge is 0.340 e. The molecule has 1 aromatic rings. The summed E-state index contributed by atoms with van der Waals surface area (Å²) in [6, 6.07) is 5.46. The predicted octanol–water partition coefficient (Wildman–Crippen LogP) is 2.80. The van der Waals surface area contributed by atoms with Crippen LogP contribution in [0.4, 0.5) is 11.4 Å². The fraction of sp³-hybridized carbons (Fsp3) is 0.417. The number of nitro groups is 1. The van der Waals surface area contributed by atoms with Crippen molar-refractivity contribution in [1.29, 1.82) is 0 Å². The molecular weight excluding hydrogens is 299 g/mol. The minimum Gasteiger partial charge on any atom is -0.325 e. The van der Waals surface area contributed by atoms with Crippen molar-refractivity contribution >= 4 is 24.9 Å². The number of carbonyl (C=O) groups is 1. The number of non-ortho nitro benzene ring substituents is 1. The Morgan fingerprint density at radius 3 is 2.48 bits per heavy atom. The second-order valence-corrected chi connectivity index (χ2v) is 6.01. The number of carbonyl (C=O) groups excluding carboxylic acids is 1. The minimum atomic E-state index is -3.49. The molecule has 0 bridgehead atoms. The summed E-state index contributed by atoms with van der Waals surface area (Å²) < 4.78 is 22.2. The Bertz CT molecular complexity index is 552. The maximum Gasteiger partial charge on any atom is 0.340 e. The molecule has 0 aliphatic carbocycles. The van der Waals surface area contributed by atoms with Gasteiger partial charge >= 0.3 is 7.60 Å². The Hall–Kier alpha value is -1.76. The van der Waals surface area contributed by atoms with Gasteiger partial charge < -0.3 is 14.4 Å². The maximum absolute atomic E-state index is 12.2. The molecule has 1 rings (SSSR count). The summed E-state index contributed by atoms with van der Waals surface area (Å²) in [5, 5.41) is 13.1. The number of hydrogen-bond donors (Lipinski definition) is 1. The van der Waals surface area contributed by atoms with Crippen molar-refractivity contribution < 1.29 is 23.3 Å². The summed E-state index contributed by atoms with van der Waals surface area (Å²) in [5.41, 5.74) is 0.0966. The number of nitrogens with one attached hydrogen (secondary N) is 1. The summed E-state index contributed by atoms with van der Waals surface area (Å²) in [6.07, 6.45) is -0.447. The van der Waals surface area contributed by atoms with E-state index in [4.69, 9.17) is 9.05 Å². The van der Waals surface area contributed by atoms with E-state index >= 15 is 0 Å². The van der Waals surface area contributed by atoms with Crippen LogP contribution in [0.25, 0.3) is 0 Å². The molecule has 116 valence electrons. The molecule has 0 spiro atoms. The highest BCUT2D eigenvalue weighted by molar-refractivity contribution is 7.54. The molecule has 0 aromatic heterocycles. The van der Waals surface area contributed by atoms with Gasteiger partial charge in [0, 0.05) is 17.8 Å². The molecule has 9 heteroatoms. The molecule has 0 saturated heterocycles. The molecule has 0 aliphatic heterocycles. The van der Waals surface area contributed by atoms with Crippen LogP contribution in [0.15, 0.2) is 24.3 Å². The van der Waals surface area contributed by atoms with Gasteiger partial charge in [-0.3, -0.25) is 19.5 Å². The smallest absolute Gasteiger partial charge is 0.325 e. The molecule has 1 N–H and O–H groups in total. The lowest BCUT2D eigenvalue weighted by Gasteiger charge is -2.16. The van der Waals surface area contributed by atoms with Gasteiger partial charge in [0.1, 0.15) is 6.16 Å². The van der Waals surface area contributed by atoms with Crippen molar-refractivity contribution in [3.8, 4) is 0 Å². The van der Waals surface area contributed by atoms with Crippen LogP contribution in [-0.4, -0.2) is 30.2 Å². The third-order valence-corrected chi connectivity index (χ3v) is 4.31.